The zero-order valence-electron chi connectivity index (χ0n) is 15.7. The summed E-state index contributed by atoms with van der Waals surface area (Å²) in [4.78, 5) is 5.32. The van der Waals surface area contributed by atoms with Crippen molar-refractivity contribution in [3.8, 4) is 0 Å². The molecule has 3 N–H and O–H groups in total. The van der Waals surface area contributed by atoms with Crippen LogP contribution in [-0.2, 0) is 0 Å². The highest BCUT2D eigenvalue weighted by molar-refractivity contribution is 5.06. The Morgan fingerprint density at radius 1 is 1.17 bits per heavy atom. The molecule has 1 spiro atoms. The van der Waals surface area contributed by atoms with E-state index in [9.17, 15) is 0 Å². The fourth-order valence-electron chi connectivity index (χ4n) is 5.06. The molecule has 4 heteroatoms. The fourth-order valence-corrected chi connectivity index (χ4v) is 5.06. The summed E-state index contributed by atoms with van der Waals surface area (Å²) < 4.78 is 0. The minimum Gasteiger partial charge on any atom is -0.330 e. The Morgan fingerprint density at radius 3 is 2.48 bits per heavy atom. The maximum atomic E-state index is 5.91. The second-order valence-corrected chi connectivity index (χ2v) is 8.95. The second kappa shape index (κ2) is 6.99. The Kier molecular flexibility index (Phi) is 5.37. The van der Waals surface area contributed by atoms with E-state index >= 15 is 0 Å². The average molecular weight is 323 g/mol. The topological polar surface area (TPSA) is 44.5 Å². The number of hydrogen-bond donors (Lipinski definition) is 2. The zero-order valence-corrected chi connectivity index (χ0v) is 15.7. The predicted molar refractivity (Wildman–Crippen MR) is 97.5 cm³/mol. The van der Waals surface area contributed by atoms with Crippen LogP contribution in [0.2, 0.25) is 0 Å². The number of hydrogen-bond acceptors (Lipinski definition) is 4. The Hall–Kier alpha value is -0.160. The van der Waals surface area contributed by atoms with E-state index in [1.54, 1.807) is 0 Å². The van der Waals surface area contributed by atoms with E-state index in [1.807, 2.05) is 0 Å². The Morgan fingerprint density at radius 2 is 1.96 bits per heavy atom. The lowest BCUT2D eigenvalue weighted by atomic mass is 9.63. The second-order valence-electron chi connectivity index (χ2n) is 8.95. The molecule has 23 heavy (non-hydrogen) atoms. The van der Waals surface area contributed by atoms with Gasteiger partial charge < -0.3 is 16.0 Å². The lowest BCUT2D eigenvalue weighted by Crippen LogP contribution is -2.57. The molecule has 0 bridgehead atoms. The van der Waals surface area contributed by atoms with Crippen molar-refractivity contribution >= 4 is 0 Å². The van der Waals surface area contributed by atoms with Crippen molar-refractivity contribution in [3.63, 3.8) is 0 Å². The number of nitrogens with one attached hydrogen (secondary N) is 1. The molecule has 3 fully saturated rings. The summed E-state index contributed by atoms with van der Waals surface area (Å²) in [5, 5.41) is 3.94. The van der Waals surface area contributed by atoms with Gasteiger partial charge >= 0.3 is 0 Å². The minimum absolute atomic E-state index is 0.585. The van der Waals surface area contributed by atoms with E-state index in [0.29, 0.717) is 23.4 Å². The molecule has 3 aliphatic rings. The largest absolute Gasteiger partial charge is 0.330 e. The van der Waals surface area contributed by atoms with Crippen LogP contribution in [0.5, 0.6) is 0 Å². The van der Waals surface area contributed by atoms with E-state index in [0.717, 1.165) is 25.0 Å². The molecular formula is C19H38N4. The lowest BCUT2D eigenvalue weighted by Gasteiger charge is -2.48. The molecule has 2 aliphatic heterocycles. The van der Waals surface area contributed by atoms with Gasteiger partial charge in [0.25, 0.3) is 0 Å². The molecule has 0 radical (unpaired) electrons. The molecule has 0 amide bonds. The van der Waals surface area contributed by atoms with Crippen LogP contribution in [0.1, 0.15) is 47.0 Å². The smallest absolute Gasteiger partial charge is 0.0192 e. The number of nitrogens with zero attached hydrogens (tertiary/aromatic N) is 2. The number of likely N-dealkylation sites (tertiary alicyclic amines) is 2. The highest BCUT2D eigenvalue weighted by atomic mass is 15.2. The van der Waals surface area contributed by atoms with Gasteiger partial charge in [0.2, 0.25) is 0 Å². The van der Waals surface area contributed by atoms with Gasteiger partial charge in [0.05, 0.1) is 0 Å². The van der Waals surface area contributed by atoms with Gasteiger partial charge in [-0.25, -0.2) is 0 Å². The first kappa shape index (κ1) is 17.7. The lowest BCUT2D eigenvalue weighted by molar-refractivity contribution is 0.0632. The third-order valence-corrected chi connectivity index (χ3v) is 7.20. The molecule has 5 unspecified atom stereocenters. The Bertz CT molecular complexity index is 399. The average Bonchev–Trinajstić information content (AvgIpc) is 3.11. The van der Waals surface area contributed by atoms with E-state index in [-0.39, 0.29) is 0 Å². The highest BCUT2D eigenvalue weighted by Crippen LogP contribution is 2.48. The third-order valence-electron chi connectivity index (χ3n) is 7.20. The highest BCUT2D eigenvalue weighted by Gasteiger charge is 2.50. The van der Waals surface area contributed by atoms with E-state index < -0.39 is 0 Å². The maximum absolute atomic E-state index is 5.91. The molecule has 0 aromatic rings. The van der Waals surface area contributed by atoms with Crippen molar-refractivity contribution in [1.29, 1.82) is 0 Å². The van der Waals surface area contributed by atoms with Gasteiger partial charge in [0.15, 0.2) is 0 Å². The molecule has 0 aromatic heterocycles. The van der Waals surface area contributed by atoms with Crippen molar-refractivity contribution in [2.75, 3.05) is 39.3 Å². The summed E-state index contributed by atoms with van der Waals surface area (Å²) in [5.41, 5.74) is 6.49. The number of rotatable bonds is 6. The van der Waals surface area contributed by atoms with E-state index in [1.165, 1.54) is 45.4 Å². The molecule has 4 nitrogen and oxygen atoms in total. The number of nitrogens with two attached hydrogens (primary N) is 1. The van der Waals surface area contributed by atoms with Crippen molar-refractivity contribution in [2.45, 2.75) is 65.1 Å². The van der Waals surface area contributed by atoms with Crippen molar-refractivity contribution in [2.24, 2.45) is 23.0 Å². The first-order valence-corrected chi connectivity index (χ1v) is 9.87. The van der Waals surface area contributed by atoms with Crippen LogP contribution in [0.3, 0.4) is 0 Å². The maximum Gasteiger partial charge on any atom is 0.0192 e. The van der Waals surface area contributed by atoms with Gasteiger partial charge in [0.1, 0.15) is 0 Å². The molecule has 3 rings (SSSR count). The predicted octanol–water partition coefficient (Wildman–Crippen LogP) is 1.75. The van der Waals surface area contributed by atoms with Gasteiger partial charge in [-0.15, -0.1) is 0 Å². The molecule has 1 aliphatic carbocycles. The SMILES string of the molecule is CC1CN(C(C)CNC2CCC23CCN(C(C)C)C3)CC1CN. The van der Waals surface area contributed by atoms with Crippen molar-refractivity contribution < 1.29 is 0 Å². The molecule has 134 valence electrons. The van der Waals surface area contributed by atoms with Crippen LogP contribution in [-0.4, -0.2) is 67.2 Å². The standard InChI is InChI=1S/C19H38N4/c1-14(2)22-8-7-19(13-22)6-5-18(19)21-10-16(4)23-11-15(3)17(9-20)12-23/h14-18,21H,5-13,20H2,1-4H3. The zero-order chi connectivity index (χ0) is 16.6. The van der Waals surface area contributed by atoms with E-state index in [4.69, 9.17) is 5.73 Å². The Balaban J connectivity index is 1.46. The molecule has 2 heterocycles. The monoisotopic (exact) mass is 322 g/mol. The van der Waals surface area contributed by atoms with Crippen LogP contribution < -0.4 is 11.1 Å². The summed E-state index contributed by atoms with van der Waals surface area (Å²) in [6.45, 7) is 16.4. The quantitative estimate of drug-likeness (QED) is 0.782. The summed E-state index contributed by atoms with van der Waals surface area (Å²) in [7, 11) is 0. The summed E-state index contributed by atoms with van der Waals surface area (Å²) in [5.74, 6) is 1.45. The fraction of sp³-hybridized carbons (Fsp3) is 1.00. The first-order chi connectivity index (χ1) is 10.9. The van der Waals surface area contributed by atoms with Crippen LogP contribution in [0.4, 0.5) is 0 Å². The Labute approximate surface area is 143 Å². The minimum atomic E-state index is 0.585. The van der Waals surface area contributed by atoms with Crippen molar-refractivity contribution in [1.82, 2.24) is 15.1 Å². The van der Waals surface area contributed by atoms with Crippen LogP contribution in [0.25, 0.3) is 0 Å². The molecule has 1 saturated carbocycles. The van der Waals surface area contributed by atoms with Gasteiger partial charge in [-0.05, 0) is 70.4 Å². The summed E-state index contributed by atoms with van der Waals surface area (Å²) in [6.07, 6.45) is 4.20. The van der Waals surface area contributed by atoms with Crippen LogP contribution in [0.15, 0.2) is 0 Å². The molecular weight excluding hydrogens is 284 g/mol. The van der Waals surface area contributed by atoms with Crippen LogP contribution in [0, 0.1) is 17.3 Å². The summed E-state index contributed by atoms with van der Waals surface area (Å²) >= 11 is 0. The third kappa shape index (κ3) is 3.46. The van der Waals surface area contributed by atoms with Gasteiger partial charge in [0, 0.05) is 44.3 Å². The van der Waals surface area contributed by atoms with Crippen molar-refractivity contribution in [3.05, 3.63) is 0 Å². The van der Waals surface area contributed by atoms with E-state index in [2.05, 4.69) is 42.8 Å². The van der Waals surface area contributed by atoms with Crippen LogP contribution >= 0.6 is 0 Å². The molecule has 2 saturated heterocycles. The molecule has 5 atom stereocenters. The first-order valence-electron chi connectivity index (χ1n) is 9.87. The summed E-state index contributed by atoms with van der Waals surface area (Å²) in [6, 6.07) is 2.09. The van der Waals surface area contributed by atoms with Gasteiger partial charge in [-0.2, -0.15) is 0 Å². The molecule has 0 aromatic carbocycles. The van der Waals surface area contributed by atoms with Gasteiger partial charge in [-0.1, -0.05) is 6.92 Å². The normalized spacial score (nSPS) is 40.2. The van der Waals surface area contributed by atoms with Gasteiger partial charge in [-0.3, -0.25) is 4.90 Å².